The summed E-state index contributed by atoms with van der Waals surface area (Å²) in [5.41, 5.74) is 0.822. The molecular formula is C10H15F3N2O2S2. The molecule has 110 valence electrons. The first-order chi connectivity index (χ1) is 8.74. The standard InChI is InChI=1S/C10H15F3N2O2S2/c1-14-6-8-5-9(18-7-8)19(16,17)15-4-2-3-10(11,12)13/h5,7,14-15H,2-4,6H2,1H3. The van der Waals surface area contributed by atoms with Crippen LogP contribution >= 0.6 is 11.3 Å². The molecule has 2 N–H and O–H groups in total. The third kappa shape index (κ3) is 5.89. The Morgan fingerprint density at radius 3 is 2.63 bits per heavy atom. The molecule has 0 aliphatic rings. The lowest BCUT2D eigenvalue weighted by atomic mass is 10.3. The van der Waals surface area contributed by atoms with Gasteiger partial charge in [0.2, 0.25) is 10.0 Å². The van der Waals surface area contributed by atoms with E-state index in [0.29, 0.717) is 6.54 Å². The lowest BCUT2D eigenvalue weighted by Gasteiger charge is -2.07. The molecule has 1 heterocycles. The largest absolute Gasteiger partial charge is 0.389 e. The average Bonchev–Trinajstić information content (AvgIpc) is 2.73. The van der Waals surface area contributed by atoms with Gasteiger partial charge in [-0.1, -0.05) is 0 Å². The van der Waals surface area contributed by atoms with Crippen LogP contribution < -0.4 is 10.0 Å². The monoisotopic (exact) mass is 316 g/mol. The van der Waals surface area contributed by atoms with E-state index in [-0.39, 0.29) is 17.2 Å². The van der Waals surface area contributed by atoms with Gasteiger partial charge in [0.1, 0.15) is 4.21 Å². The van der Waals surface area contributed by atoms with Crippen molar-refractivity contribution >= 4 is 21.4 Å². The van der Waals surface area contributed by atoms with Crippen molar-refractivity contribution in [2.24, 2.45) is 0 Å². The first-order valence-electron chi connectivity index (χ1n) is 5.53. The molecule has 0 aliphatic carbocycles. The maximum atomic E-state index is 11.9. The number of alkyl halides is 3. The van der Waals surface area contributed by atoms with Crippen LogP contribution in [0.25, 0.3) is 0 Å². The summed E-state index contributed by atoms with van der Waals surface area (Å²) in [5.74, 6) is 0. The Kier molecular flexibility index (Phi) is 5.78. The summed E-state index contributed by atoms with van der Waals surface area (Å²) < 4.78 is 61.5. The van der Waals surface area contributed by atoms with Crippen molar-refractivity contribution in [1.82, 2.24) is 10.0 Å². The fourth-order valence-corrected chi connectivity index (χ4v) is 3.69. The van der Waals surface area contributed by atoms with Crippen LogP contribution in [0.15, 0.2) is 15.7 Å². The van der Waals surface area contributed by atoms with Gasteiger partial charge in [-0.2, -0.15) is 13.2 Å². The van der Waals surface area contributed by atoms with E-state index in [9.17, 15) is 21.6 Å². The average molecular weight is 316 g/mol. The zero-order valence-corrected chi connectivity index (χ0v) is 11.9. The van der Waals surface area contributed by atoms with Gasteiger partial charge in [0, 0.05) is 19.5 Å². The minimum absolute atomic E-state index is 0.116. The van der Waals surface area contributed by atoms with E-state index in [4.69, 9.17) is 0 Å². The van der Waals surface area contributed by atoms with Gasteiger partial charge in [0.25, 0.3) is 0 Å². The zero-order valence-electron chi connectivity index (χ0n) is 10.3. The summed E-state index contributed by atoms with van der Waals surface area (Å²) in [5, 5.41) is 4.58. The summed E-state index contributed by atoms with van der Waals surface area (Å²) in [6.07, 6.45) is -5.52. The van der Waals surface area contributed by atoms with Gasteiger partial charge in [-0.3, -0.25) is 0 Å². The van der Waals surface area contributed by atoms with Crippen molar-refractivity contribution in [1.29, 1.82) is 0 Å². The predicted molar refractivity (Wildman–Crippen MR) is 67.6 cm³/mol. The molecule has 0 fully saturated rings. The number of thiophene rings is 1. The van der Waals surface area contributed by atoms with Gasteiger partial charge < -0.3 is 5.32 Å². The molecule has 0 aromatic carbocycles. The number of rotatable bonds is 7. The fourth-order valence-electron chi connectivity index (χ4n) is 1.36. The summed E-state index contributed by atoms with van der Waals surface area (Å²) in [7, 11) is -1.96. The highest BCUT2D eigenvalue weighted by Gasteiger charge is 2.26. The lowest BCUT2D eigenvalue weighted by molar-refractivity contribution is -0.135. The normalized spacial score (nSPS) is 12.8. The molecular weight excluding hydrogens is 301 g/mol. The third-order valence-electron chi connectivity index (χ3n) is 2.20. The maximum Gasteiger partial charge on any atom is 0.389 e. The van der Waals surface area contributed by atoms with Gasteiger partial charge in [0.15, 0.2) is 0 Å². The Bertz CT molecular complexity index is 497. The number of hydrogen-bond donors (Lipinski definition) is 2. The van der Waals surface area contributed by atoms with Crippen molar-refractivity contribution in [2.45, 2.75) is 29.8 Å². The van der Waals surface area contributed by atoms with Gasteiger partial charge in [-0.15, -0.1) is 11.3 Å². The first kappa shape index (κ1) is 16.4. The maximum absolute atomic E-state index is 11.9. The lowest BCUT2D eigenvalue weighted by Crippen LogP contribution is -2.25. The summed E-state index contributed by atoms with van der Waals surface area (Å²) in [6, 6.07) is 1.51. The Hall–Kier alpha value is -0.640. The fraction of sp³-hybridized carbons (Fsp3) is 0.600. The van der Waals surface area contributed by atoms with E-state index in [2.05, 4.69) is 10.0 Å². The van der Waals surface area contributed by atoms with Crippen LogP contribution in [0.5, 0.6) is 0 Å². The van der Waals surface area contributed by atoms with Crippen LogP contribution in [-0.2, 0) is 16.6 Å². The summed E-state index contributed by atoms with van der Waals surface area (Å²) in [6.45, 7) is 0.321. The summed E-state index contributed by atoms with van der Waals surface area (Å²) in [4.78, 5) is 0. The second kappa shape index (κ2) is 6.69. The van der Waals surface area contributed by atoms with E-state index in [0.717, 1.165) is 16.9 Å². The SMILES string of the molecule is CNCc1csc(S(=O)(=O)NCCCC(F)(F)F)c1. The van der Waals surface area contributed by atoms with Crippen LogP contribution in [0, 0.1) is 0 Å². The molecule has 0 saturated carbocycles. The van der Waals surface area contributed by atoms with Gasteiger partial charge in [0.05, 0.1) is 0 Å². The van der Waals surface area contributed by atoms with Crippen LogP contribution in [-0.4, -0.2) is 28.2 Å². The number of sulfonamides is 1. The highest BCUT2D eigenvalue weighted by molar-refractivity contribution is 7.91. The third-order valence-corrected chi connectivity index (χ3v) is 5.15. The van der Waals surface area contributed by atoms with E-state index in [1.54, 1.807) is 12.4 Å². The molecule has 0 radical (unpaired) electrons. The Morgan fingerprint density at radius 2 is 2.05 bits per heavy atom. The van der Waals surface area contributed by atoms with Crippen LogP contribution in [0.1, 0.15) is 18.4 Å². The second-order valence-corrected chi connectivity index (χ2v) is 6.83. The van der Waals surface area contributed by atoms with Gasteiger partial charge in [-0.05, 0) is 30.5 Å². The molecule has 0 bridgehead atoms. The Morgan fingerprint density at radius 1 is 1.37 bits per heavy atom. The molecule has 19 heavy (non-hydrogen) atoms. The van der Waals surface area contributed by atoms with E-state index in [1.807, 2.05) is 0 Å². The molecule has 0 aliphatic heterocycles. The Labute approximate surface area is 114 Å². The molecule has 1 rings (SSSR count). The van der Waals surface area contributed by atoms with Gasteiger partial charge >= 0.3 is 6.18 Å². The summed E-state index contributed by atoms with van der Waals surface area (Å²) >= 11 is 1.05. The van der Waals surface area contributed by atoms with Crippen molar-refractivity contribution in [2.75, 3.05) is 13.6 Å². The van der Waals surface area contributed by atoms with Crippen molar-refractivity contribution in [3.8, 4) is 0 Å². The van der Waals surface area contributed by atoms with Crippen LogP contribution in [0.2, 0.25) is 0 Å². The highest BCUT2D eigenvalue weighted by atomic mass is 32.2. The van der Waals surface area contributed by atoms with Crippen LogP contribution in [0.4, 0.5) is 13.2 Å². The van der Waals surface area contributed by atoms with Crippen molar-refractivity contribution < 1.29 is 21.6 Å². The topological polar surface area (TPSA) is 58.2 Å². The molecule has 4 nitrogen and oxygen atoms in total. The van der Waals surface area contributed by atoms with Crippen molar-refractivity contribution in [3.05, 3.63) is 17.0 Å². The first-order valence-corrected chi connectivity index (χ1v) is 7.89. The molecule has 0 saturated heterocycles. The van der Waals surface area contributed by atoms with E-state index >= 15 is 0 Å². The second-order valence-electron chi connectivity index (χ2n) is 3.92. The van der Waals surface area contributed by atoms with E-state index < -0.39 is 22.6 Å². The zero-order chi connectivity index (χ0) is 14.5. The number of hydrogen-bond acceptors (Lipinski definition) is 4. The molecule has 9 heteroatoms. The highest BCUT2D eigenvalue weighted by Crippen LogP contribution is 2.22. The minimum atomic E-state index is -4.26. The molecule has 0 amide bonds. The van der Waals surface area contributed by atoms with Gasteiger partial charge in [-0.25, -0.2) is 13.1 Å². The number of nitrogens with one attached hydrogen (secondary N) is 2. The Balaban J connectivity index is 2.51. The molecule has 0 atom stereocenters. The number of halogens is 3. The molecule has 1 aromatic rings. The predicted octanol–water partition coefficient (Wildman–Crippen LogP) is 2.09. The molecule has 0 spiro atoms. The molecule has 1 aromatic heterocycles. The van der Waals surface area contributed by atoms with Crippen molar-refractivity contribution in [3.63, 3.8) is 0 Å². The van der Waals surface area contributed by atoms with E-state index in [1.165, 1.54) is 6.07 Å². The van der Waals surface area contributed by atoms with Crippen LogP contribution in [0.3, 0.4) is 0 Å². The molecule has 0 unspecified atom stereocenters. The smallest absolute Gasteiger partial charge is 0.316 e. The quantitative estimate of drug-likeness (QED) is 0.757. The minimum Gasteiger partial charge on any atom is -0.316 e.